The molecule has 0 aliphatic heterocycles. The zero-order valence-corrected chi connectivity index (χ0v) is 11.1. The highest BCUT2D eigenvalue weighted by atomic mass is 79.9. The second-order valence-electron chi connectivity index (χ2n) is 3.74. The van der Waals surface area contributed by atoms with Crippen LogP contribution in [0.15, 0.2) is 53.1 Å². The molecule has 1 atom stereocenters. The van der Waals surface area contributed by atoms with Gasteiger partial charge in [-0.05, 0) is 33.6 Å². The third kappa shape index (κ3) is 3.15. The second-order valence-corrected chi connectivity index (χ2v) is 4.65. The molecule has 0 aliphatic carbocycles. The maximum Gasteiger partial charge on any atom is 0.247 e. The SMILES string of the molecule is N[C@H](C(=O)Nc1ccc(Br)cn1)c1ccccc1. The number of rotatable bonds is 3. The lowest BCUT2D eigenvalue weighted by molar-refractivity contribution is -0.117. The lowest BCUT2D eigenvalue weighted by atomic mass is 10.1. The van der Waals surface area contributed by atoms with Crippen molar-refractivity contribution < 1.29 is 4.79 Å². The number of nitrogens with two attached hydrogens (primary N) is 1. The van der Waals surface area contributed by atoms with E-state index in [0.29, 0.717) is 5.82 Å². The van der Waals surface area contributed by atoms with Gasteiger partial charge >= 0.3 is 0 Å². The van der Waals surface area contributed by atoms with E-state index in [4.69, 9.17) is 5.73 Å². The minimum absolute atomic E-state index is 0.281. The molecule has 2 aromatic rings. The van der Waals surface area contributed by atoms with Crippen LogP contribution in [0.2, 0.25) is 0 Å². The van der Waals surface area contributed by atoms with Crippen LogP contribution in [0.3, 0.4) is 0 Å². The molecule has 0 saturated heterocycles. The Kier molecular flexibility index (Phi) is 4.07. The fraction of sp³-hybridized carbons (Fsp3) is 0.0769. The molecular weight excluding hydrogens is 294 g/mol. The minimum Gasteiger partial charge on any atom is -0.316 e. The summed E-state index contributed by atoms with van der Waals surface area (Å²) in [4.78, 5) is 16.0. The summed E-state index contributed by atoms with van der Waals surface area (Å²) in [5, 5.41) is 2.67. The second kappa shape index (κ2) is 5.75. The van der Waals surface area contributed by atoms with Crippen LogP contribution in [0.5, 0.6) is 0 Å². The fourth-order valence-electron chi connectivity index (χ4n) is 1.47. The van der Waals surface area contributed by atoms with Crippen LogP contribution in [-0.2, 0) is 4.79 Å². The maximum atomic E-state index is 11.9. The molecular formula is C13H12BrN3O. The summed E-state index contributed by atoms with van der Waals surface area (Å²) >= 11 is 3.28. The molecule has 1 aromatic carbocycles. The van der Waals surface area contributed by atoms with Gasteiger partial charge in [0.15, 0.2) is 0 Å². The van der Waals surface area contributed by atoms with Crippen LogP contribution in [-0.4, -0.2) is 10.9 Å². The van der Waals surface area contributed by atoms with Gasteiger partial charge in [-0.1, -0.05) is 30.3 Å². The number of nitrogens with one attached hydrogen (secondary N) is 1. The number of nitrogens with zero attached hydrogens (tertiary/aromatic N) is 1. The molecule has 1 aromatic heterocycles. The summed E-state index contributed by atoms with van der Waals surface area (Å²) in [7, 11) is 0. The van der Waals surface area contributed by atoms with Crippen molar-refractivity contribution in [3.8, 4) is 0 Å². The van der Waals surface area contributed by atoms with Crippen molar-refractivity contribution in [2.45, 2.75) is 6.04 Å². The van der Waals surface area contributed by atoms with Gasteiger partial charge in [0.25, 0.3) is 0 Å². The number of amides is 1. The molecule has 0 fully saturated rings. The minimum atomic E-state index is -0.698. The van der Waals surface area contributed by atoms with Crippen molar-refractivity contribution in [3.05, 3.63) is 58.7 Å². The quantitative estimate of drug-likeness (QED) is 0.915. The average Bonchev–Trinajstić information content (AvgIpc) is 2.41. The highest BCUT2D eigenvalue weighted by Gasteiger charge is 2.15. The van der Waals surface area contributed by atoms with Crippen molar-refractivity contribution in [2.75, 3.05) is 5.32 Å². The number of carbonyl (C=O) groups excluding carboxylic acids is 1. The van der Waals surface area contributed by atoms with E-state index in [1.54, 1.807) is 18.3 Å². The van der Waals surface area contributed by atoms with Gasteiger partial charge in [-0.25, -0.2) is 4.98 Å². The van der Waals surface area contributed by atoms with Gasteiger partial charge in [0.1, 0.15) is 11.9 Å². The van der Waals surface area contributed by atoms with Crippen molar-refractivity contribution in [3.63, 3.8) is 0 Å². The molecule has 4 nitrogen and oxygen atoms in total. The number of anilines is 1. The van der Waals surface area contributed by atoms with Crippen molar-refractivity contribution in [1.82, 2.24) is 4.98 Å². The van der Waals surface area contributed by atoms with E-state index < -0.39 is 6.04 Å². The largest absolute Gasteiger partial charge is 0.316 e. The van der Waals surface area contributed by atoms with Gasteiger partial charge in [-0.15, -0.1) is 0 Å². The number of halogens is 1. The van der Waals surface area contributed by atoms with E-state index >= 15 is 0 Å². The first-order valence-electron chi connectivity index (χ1n) is 5.40. The molecule has 2 rings (SSSR count). The maximum absolute atomic E-state index is 11.9. The van der Waals surface area contributed by atoms with E-state index in [2.05, 4.69) is 26.2 Å². The molecule has 1 heterocycles. The highest BCUT2D eigenvalue weighted by Crippen LogP contribution is 2.14. The van der Waals surface area contributed by atoms with Crippen LogP contribution in [0.1, 0.15) is 11.6 Å². The van der Waals surface area contributed by atoms with Crippen molar-refractivity contribution >= 4 is 27.7 Å². The normalized spacial score (nSPS) is 11.9. The van der Waals surface area contributed by atoms with E-state index in [1.165, 1.54) is 0 Å². The van der Waals surface area contributed by atoms with Crippen molar-refractivity contribution in [1.29, 1.82) is 0 Å². The van der Waals surface area contributed by atoms with Gasteiger partial charge in [-0.3, -0.25) is 4.79 Å². The van der Waals surface area contributed by atoms with Crippen LogP contribution in [0.4, 0.5) is 5.82 Å². The molecule has 0 saturated carbocycles. The standard InChI is InChI=1S/C13H12BrN3O/c14-10-6-7-11(16-8-10)17-13(18)12(15)9-4-2-1-3-5-9/h1-8,12H,15H2,(H,16,17,18)/t12-/m0/s1. The Morgan fingerprint density at radius 1 is 1.22 bits per heavy atom. The first-order valence-corrected chi connectivity index (χ1v) is 6.19. The predicted octanol–water partition coefficient (Wildman–Crippen LogP) is 2.48. The van der Waals surface area contributed by atoms with E-state index in [0.717, 1.165) is 10.0 Å². The summed E-state index contributed by atoms with van der Waals surface area (Å²) in [5.41, 5.74) is 6.64. The number of aromatic nitrogens is 1. The fourth-order valence-corrected chi connectivity index (χ4v) is 1.70. The van der Waals surface area contributed by atoms with Crippen LogP contribution in [0.25, 0.3) is 0 Å². The first-order chi connectivity index (χ1) is 8.66. The average molecular weight is 306 g/mol. The Morgan fingerprint density at radius 3 is 2.56 bits per heavy atom. The number of pyridine rings is 1. The molecule has 3 N–H and O–H groups in total. The van der Waals surface area contributed by atoms with Gasteiger partial charge in [0.05, 0.1) is 0 Å². The van der Waals surface area contributed by atoms with Crippen molar-refractivity contribution in [2.24, 2.45) is 5.73 Å². The molecule has 18 heavy (non-hydrogen) atoms. The van der Waals surface area contributed by atoms with E-state index in [-0.39, 0.29) is 5.91 Å². The van der Waals surface area contributed by atoms with Crippen LogP contribution in [0, 0.1) is 0 Å². The third-order valence-corrected chi connectivity index (χ3v) is 2.89. The van der Waals surface area contributed by atoms with Gasteiger partial charge in [-0.2, -0.15) is 0 Å². The molecule has 1 amide bonds. The van der Waals surface area contributed by atoms with Crippen LogP contribution >= 0.6 is 15.9 Å². The number of hydrogen-bond acceptors (Lipinski definition) is 3. The Balaban J connectivity index is 2.06. The molecule has 0 aliphatic rings. The van der Waals surface area contributed by atoms with Gasteiger partial charge < -0.3 is 11.1 Å². The molecule has 5 heteroatoms. The Hall–Kier alpha value is -1.72. The zero-order valence-electron chi connectivity index (χ0n) is 9.51. The van der Waals surface area contributed by atoms with Gasteiger partial charge in [0, 0.05) is 10.7 Å². The summed E-state index contributed by atoms with van der Waals surface area (Å²) in [6.07, 6.45) is 1.61. The summed E-state index contributed by atoms with van der Waals surface area (Å²) in [6, 6.07) is 12.0. The van der Waals surface area contributed by atoms with E-state index in [1.807, 2.05) is 30.3 Å². The Bertz CT molecular complexity index is 528. The monoisotopic (exact) mass is 305 g/mol. The zero-order chi connectivity index (χ0) is 13.0. The summed E-state index contributed by atoms with van der Waals surface area (Å²) in [6.45, 7) is 0. The molecule has 0 unspecified atom stereocenters. The topological polar surface area (TPSA) is 68.0 Å². The Morgan fingerprint density at radius 2 is 1.94 bits per heavy atom. The smallest absolute Gasteiger partial charge is 0.247 e. The third-order valence-electron chi connectivity index (χ3n) is 2.42. The lowest BCUT2D eigenvalue weighted by Gasteiger charge is -2.11. The first kappa shape index (κ1) is 12.7. The number of carbonyl (C=O) groups is 1. The van der Waals surface area contributed by atoms with Crippen LogP contribution < -0.4 is 11.1 Å². The molecule has 92 valence electrons. The predicted molar refractivity (Wildman–Crippen MR) is 73.9 cm³/mol. The van der Waals surface area contributed by atoms with Gasteiger partial charge in [0.2, 0.25) is 5.91 Å². The Labute approximate surface area is 113 Å². The molecule has 0 radical (unpaired) electrons. The highest BCUT2D eigenvalue weighted by molar-refractivity contribution is 9.10. The number of hydrogen-bond donors (Lipinski definition) is 2. The molecule has 0 bridgehead atoms. The number of benzene rings is 1. The summed E-state index contributed by atoms with van der Waals surface area (Å²) < 4.78 is 0.854. The lowest BCUT2D eigenvalue weighted by Crippen LogP contribution is -2.27. The van der Waals surface area contributed by atoms with E-state index in [9.17, 15) is 4.79 Å². The summed E-state index contributed by atoms with van der Waals surface area (Å²) in [5.74, 6) is 0.200. The molecule has 0 spiro atoms.